The maximum absolute atomic E-state index is 5.93. The average molecular weight is 987 g/mol. The van der Waals surface area contributed by atoms with Gasteiger partial charge in [0.15, 0.2) is 0 Å². The SMILES string of the molecule is CC(C)c1cc(-c2ccccc2)cc(-c2ccccc2)c1-n1c(-c2[c-]cccc2)nc2ccccc21.Cc1nccc2c1oc1c[c-]c(-c3ccc([Si](C)(C)C)cn3)cc12.[Ir]. The van der Waals surface area contributed by atoms with Crippen LogP contribution in [0.1, 0.15) is 31.0 Å². The molecular formula is C54H46IrN4OSi-2. The number of hydrogen-bond acceptors (Lipinski definition) is 4. The van der Waals surface area contributed by atoms with E-state index >= 15 is 0 Å². The second kappa shape index (κ2) is 17.4. The molecular weight excluding hydrogens is 941 g/mol. The summed E-state index contributed by atoms with van der Waals surface area (Å²) in [4.78, 5) is 14.1. The first-order valence-corrected chi connectivity index (χ1v) is 24.0. The van der Waals surface area contributed by atoms with Gasteiger partial charge in [-0.05, 0) is 76.3 Å². The molecule has 0 saturated heterocycles. The standard InChI is InChI=1S/C34H27N2.C20H19N2OSi.Ir/c1-24(2)29-22-28(25-14-6-3-7-15-25)23-30(26-16-8-4-9-17-26)33(29)36-32-21-13-12-20-31(32)35-34(36)27-18-10-5-11-19-27;1-13-20-16(9-10-21-13)17-11-14(5-8-19(17)23-20)18-7-6-15(12-22-18)24(2,3)4;/h3-18,20-24H,1-2H3;6-12H,1-4H3;/q2*-1;. The van der Waals surface area contributed by atoms with Crippen molar-refractivity contribution in [2.24, 2.45) is 0 Å². The van der Waals surface area contributed by atoms with Crippen LogP contribution in [-0.2, 0) is 20.1 Å². The number of para-hydroxylation sites is 2. The summed E-state index contributed by atoms with van der Waals surface area (Å²) in [5.41, 5.74) is 14.9. The molecule has 1 radical (unpaired) electrons. The number of aryl methyl sites for hydroxylation is 1. The third-order valence-electron chi connectivity index (χ3n) is 11.1. The minimum Gasteiger partial charge on any atom is -0.499 e. The zero-order valence-electron chi connectivity index (χ0n) is 35.2. The van der Waals surface area contributed by atoms with E-state index in [1.807, 2.05) is 43.6 Å². The van der Waals surface area contributed by atoms with Gasteiger partial charge in [0.2, 0.25) is 0 Å². The van der Waals surface area contributed by atoms with Gasteiger partial charge >= 0.3 is 0 Å². The minimum absolute atomic E-state index is 0. The van der Waals surface area contributed by atoms with Gasteiger partial charge in [0.05, 0.1) is 36.2 Å². The Morgan fingerprint density at radius 1 is 0.672 bits per heavy atom. The molecule has 6 aromatic carbocycles. The molecule has 4 heterocycles. The van der Waals surface area contributed by atoms with E-state index in [0.29, 0.717) is 5.92 Å². The summed E-state index contributed by atoms with van der Waals surface area (Å²) in [7, 11) is -1.33. The molecule has 0 aliphatic heterocycles. The number of fused-ring (bicyclic) bond motifs is 4. The van der Waals surface area contributed by atoms with Crippen molar-refractivity contribution in [3.05, 3.63) is 187 Å². The van der Waals surface area contributed by atoms with Crippen LogP contribution in [0.15, 0.2) is 168 Å². The predicted octanol–water partition coefficient (Wildman–Crippen LogP) is 13.6. The third kappa shape index (κ3) is 8.29. The molecule has 303 valence electrons. The zero-order valence-corrected chi connectivity index (χ0v) is 38.6. The predicted molar refractivity (Wildman–Crippen MR) is 252 cm³/mol. The van der Waals surface area contributed by atoms with Crippen LogP contribution in [0, 0.1) is 19.1 Å². The topological polar surface area (TPSA) is 56.7 Å². The third-order valence-corrected chi connectivity index (χ3v) is 13.1. The van der Waals surface area contributed by atoms with Crippen LogP contribution in [0.2, 0.25) is 19.6 Å². The van der Waals surface area contributed by atoms with Gasteiger partial charge in [-0.25, -0.2) is 0 Å². The Kier molecular flexibility index (Phi) is 11.8. The summed E-state index contributed by atoms with van der Waals surface area (Å²) < 4.78 is 8.27. The van der Waals surface area contributed by atoms with Crippen molar-refractivity contribution in [3.8, 4) is 50.6 Å². The Hall–Kier alpha value is -6.24. The molecule has 7 heteroatoms. The number of rotatable bonds is 7. The fraction of sp³-hybridized carbons (Fsp3) is 0.130. The molecule has 0 saturated carbocycles. The van der Waals surface area contributed by atoms with Crippen molar-refractivity contribution >= 4 is 46.2 Å². The van der Waals surface area contributed by atoms with Crippen molar-refractivity contribution in [3.63, 3.8) is 0 Å². The fourth-order valence-corrected chi connectivity index (χ4v) is 8.90. The summed E-state index contributed by atoms with van der Waals surface area (Å²) in [5, 5.41) is 3.54. The molecule has 0 aliphatic rings. The number of imidazole rings is 1. The van der Waals surface area contributed by atoms with E-state index in [9.17, 15) is 0 Å². The molecule has 61 heavy (non-hydrogen) atoms. The van der Waals surface area contributed by atoms with E-state index < -0.39 is 8.07 Å². The van der Waals surface area contributed by atoms with Gasteiger partial charge in [0, 0.05) is 49.1 Å². The monoisotopic (exact) mass is 987 g/mol. The molecule has 0 aliphatic carbocycles. The van der Waals surface area contributed by atoms with Gasteiger partial charge in [0.1, 0.15) is 5.58 Å². The Labute approximate surface area is 372 Å². The fourth-order valence-electron chi connectivity index (χ4n) is 7.87. The molecule has 10 rings (SSSR count). The van der Waals surface area contributed by atoms with Crippen LogP contribution in [0.5, 0.6) is 0 Å². The molecule has 0 N–H and O–H groups in total. The van der Waals surface area contributed by atoms with E-state index in [-0.39, 0.29) is 20.1 Å². The molecule has 5 nitrogen and oxygen atoms in total. The van der Waals surface area contributed by atoms with E-state index in [1.165, 1.54) is 38.7 Å². The summed E-state index contributed by atoms with van der Waals surface area (Å²) in [6, 6.07) is 59.6. The molecule has 0 bridgehead atoms. The van der Waals surface area contributed by atoms with Gasteiger partial charge in [-0.3, -0.25) is 9.97 Å². The molecule has 0 amide bonds. The van der Waals surface area contributed by atoms with E-state index in [0.717, 1.165) is 61.3 Å². The summed E-state index contributed by atoms with van der Waals surface area (Å²) in [5.74, 6) is 1.21. The first kappa shape index (κ1) is 41.5. The first-order valence-electron chi connectivity index (χ1n) is 20.5. The average Bonchev–Trinajstić information content (AvgIpc) is 3.86. The number of hydrogen-bond donors (Lipinski definition) is 0. The van der Waals surface area contributed by atoms with Crippen molar-refractivity contribution in [1.29, 1.82) is 0 Å². The smallest absolute Gasteiger partial charge is 0.142 e. The summed E-state index contributed by atoms with van der Waals surface area (Å²) >= 11 is 0. The van der Waals surface area contributed by atoms with Crippen LogP contribution in [0.3, 0.4) is 0 Å². The first-order chi connectivity index (χ1) is 29.1. The summed E-state index contributed by atoms with van der Waals surface area (Å²) in [6.07, 6.45) is 3.84. The van der Waals surface area contributed by atoms with E-state index in [4.69, 9.17) is 9.40 Å². The van der Waals surface area contributed by atoms with E-state index in [2.05, 4.69) is 188 Å². The van der Waals surface area contributed by atoms with Crippen LogP contribution < -0.4 is 5.19 Å². The number of pyridine rings is 2. The van der Waals surface area contributed by atoms with Crippen molar-refractivity contribution in [2.75, 3.05) is 0 Å². The van der Waals surface area contributed by atoms with Crippen LogP contribution in [-0.4, -0.2) is 27.6 Å². The maximum atomic E-state index is 5.93. The van der Waals surface area contributed by atoms with Gasteiger partial charge < -0.3 is 14.0 Å². The number of benzene rings is 6. The quantitative estimate of drug-likeness (QED) is 0.118. The maximum Gasteiger partial charge on any atom is 0.142 e. The Balaban J connectivity index is 0.000000179. The Morgan fingerprint density at radius 3 is 2.08 bits per heavy atom. The molecule has 0 fully saturated rings. The Bertz CT molecular complexity index is 3100. The zero-order chi connectivity index (χ0) is 41.4. The van der Waals surface area contributed by atoms with Crippen molar-refractivity contribution in [1.82, 2.24) is 19.5 Å². The number of nitrogens with zero attached hydrogens (tertiary/aromatic N) is 4. The van der Waals surface area contributed by atoms with Crippen molar-refractivity contribution in [2.45, 2.75) is 46.3 Å². The van der Waals surface area contributed by atoms with Crippen LogP contribution >= 0.6 is 0 Å². The molecule has 0 atom stereocenters. The van der Waals surface area contributed by atoms with Gasteiger partial charge in [-0.1, -0.05) is 124 Å². The van der Waals surface area contributed by atoms with Crippen molar-refractivity contribution < 1.29 is 24.5 Å². The second-order valence-corrected chi connectivity index (χ2v) is 21.6. The van der Waals surface area contributed by atoms with E-state index in [1.54, 1.807) is 0 Å². The molecule has 0 spiro atoms. The van der Waals surface area contributed by atoms with Gasteiger partial charge in [-0.2, -0.15) is 0 Å². The van der Waals surface area contributed by atoms with Crippen LogP contribution in [0.4, 0.5) is 0 Å². The molecule has 0 unspecified atom stereocenters. The number of aromatic nitrogens is 4. The normalized spacial score (nSPS) is 11.5. The minimum atomic E-state index is -1.33. The van der Waals surface area contributed by atoms with Gasteiger partial charge in [-0.15, -0.1) is 59.7 Å². The van der Waals surface area contributed by atoms with Gasteiger partial charge in [0.25, 0.3) is 0 Å². The largest absolute Gasteiger partial charge is 0.499 e. The summed E-state index contributed by atoms with van der Waals surface area (Å²) in [6.45, 7) is 13.5. The number of furan rings is 1. The molecule has 10 aromatic rings. The Morgan fingerprint density at radius 2 is 1.39 bits per heavy atom. The second-order valence-electron chi connectivity index (χ2n) is 16.6. The van der Waals surface area contributed by atoms with Crippen LogP contribution in [0.25, 0.3) is 83.6 Å². The molecule has 4 aromatic heterocycles.